The van der Waals surface area contributed by atoms with Crippen molar-refractivity contribution in [2.75, 3.05) is 13.2 Å². The molecule has 0 radical (unpaired) electrons. The number of amides is 2. The van der Waals surface area contributed by atoms with Gasteiger partial charge >= 0.3 is 5.97 Å². The Hall–Kier alpha value is -2.96. The van der Waals surface area contributed by atoms with Crippen LogP contribution in [0.15, 0.2) is 42.5 Å². The van der Waals surface area contributed by atoms with Crippen LogP contribution in [0.3, 0.4) is 0 Å². The number of Topliss-reactive ketones (excluding diaryl/α,β-unsaturated/α-hetero) is 1. The van der Waals surface area contributed by atoms with Crippen LogP contribution in [-0.2, 0) is 19.1 Å². The summed E-state index contributed by atoms with van der Waals surface area (Å²) in [5.74, 6) is -1.19. The smallest absolute Gasteiger partial charge is 0.330 e. The Bertz CT molecular complexity index is 730. The first kappa shape index (κ1) is 21.3. The molecule has 1 saturated heterocycles. The number of hydrogen-bond donors (Lipinski definition) is 2. The lowest BCUT2D eigenvalue weighted by molar-refractivity contribution is -0.137. The molecule has 2 atom stereocenters. The van der Waals surface area contributed by atoms with E-state index in [2.05, 4.69) is 10.6 Å². The van der Waals surface area contributed by atoms with Crippen LogP contribution < -0.4 is 10.6 Å². The molecule has 7 nitrogen and oxygen atoms in total. The minimum Gasteiger partial charge on any atom is -0.463 e. The van der Waals surface area contributed by atoms with Gasteiger partial charge in [-0.3, -0.25) is 14.4 Å². The van der Waals surface area contributed by atoms with Gasteiger partial charge in [-0.1, -0.05) is 36.4 Å². The second kappa shape index (κ2) is 11.0. The highest BCUT2D eigenvalue weighted by molar-refractivity contribution is 5.98. The van der Waals surface area contributed by atoms with Crippen molar-refractivity contribution in [2.24, 2.45) is 5.92 Å². The second-order valence-electron chi connectivity index (χ2n) is 6.59. The van der Waals surface area contributed by atoms with Crippen LogP contribution in [0.25, 0.3) is 0 Å². The van der Waals surface area contributed by atoms with Crippen molar-refractivity contribution in [1.82, 2.24) is 10.6 Å². The lowest BCUT2D eigenvalue weighted by atomic mass is 9.97. The van der Waals surface area contributed by atoms with Gasteiger partial charge in [0.05, 0.1) is 6.61 Å². The molecule has 1 aromatic rings. The van der Waals surface area contributed by atoms with Crippen molar-refractivity contribution in [3.63, 3.8) is 0 Å². The molecule has 1 heterocycles. The van der Waals surface area contributed by atoms with Gasteiger partial charge in [-0.2, -0.15) is 0 Å². The van der Waals surface area contributed by atoms with E-state index in [-0.39, 0.29) is 43.0 Å². The third-order valence-electron chi connectivity index (χ3n) is 4.47. The number of carbonyl (C=O) groups is 4. The van der Waals surface area contributed by atoms with E-state index in [1.54, 1.807) is 37.3 Å². The van der Waals surface area contributed by atoms with Gasteiger partial charge in [0, 0.05) is 43.0 Å². The van der Waals surface area contributed by atoms with Crippen LogP contribution >= 0.6 is 0 Å². The first-order valence-electron chi connectivity index (χ1n) is 9.50. The molecule has 7 heteroatoms. The number of benzene rings is 1. The Morgan fingerprint density at radius 3 is 2.64 bits per heavy atom. The predicted molar refractivity (Wildman–Crippen MR) is 103 cm³/mol. The van der Waals surface area contributed by atoms with E-state index >= 15 is 0 Å². The summed E-state index contributed by atoms with van der Waals surface area (Å²) in [5, 5.41) is 5.56. The van der Waals surface area contributed by atoms with Gasteiger partial charge in [0.2, 0.25) is 11.8 Å². The summed E-state index contributed by atoms with van der Waals surface area (Å²) >= 11 is 0. The van der Waals surface area contributed by atoms with Crippen LogP contribution in [0.5, 0.6) is 0 Å². The maximum absolute atomic E-state index is 12.3. The number of carbonyl (C=O) groups excluding carboxylic acids is 4. The Labute approximate surface area is 164 Å². The third-order valence-corrected chi connectivity index (χ3v) is 4.47. The van der Waals surface area contributed by atoms with E-state index < -0.39 is 12.0 Å². The zero-order valence-corrected chi connectivity index (χ0v) is 16.0. The molecule has 0 aromatic heterocycles. The highest BCUT2D eigenvalue weighted by atomic mass is 16.5. The fourth-order valence-electron chi connectivity index (χ4n) is 3.02. The monoisotopic (exact) mass is 386 g/mol. The summed E-state index contributed by atoms with van der Waals surface area (Å²) in [6, 6.07) is 8.31. The molecule has 1 aliphatic heterocycles. The minimum atomic E-state index is -0.503. The first-order chi connectivity index (χ1) is 13.5. The van der Waals surface area contributed by atoms with Crippen molar-refractivity contribution in [1.29, 1.82) is 0 Å². The molecule has 0 spiro atoms. The Morgan fingerprint density at radius 1 is 1.25 bits per heavy atom. The van der Waals surface area contributed by atoms with E-state index in [9.17, 15) is 19.2 Å². The fourth-order valence-corrected chi connectivity index (χ4v) is 3.02. The molecule has 0 aliphatic carbocycles. The van der Waals surface area contributed by atoms with Crippen molar-refractivity contribution in [3.05, 3.63) is 48.0 Å². The summed E-state index contributed by atoms with van der Waals surface area (Å²) in [7, 11) is 0. The zero-order chi connectivity index (χ0) is 20.4. The quantitative estimate of drug-likeness (QED) is 0.363. The van der Waals surface area contributed by atoms with Gasteiger partial charge in [0.25, 0.3) is 0 Å². The lowest BCUT2D eigenvalue weighted by Gasteiger charge is -2.18. The van der Waals surface area contributed by atoms with Crippen molar-refractivity contribution in [3.8, 4) is 0 Å². The Morgan fingerprint density at radius 2 is 2.00 bits per heavy atom. The fraction of sp³-hybridized carbons (Fsp3) is 0.429. The molecule has 0 unspecified atom stereocenters. The van der Waals surface area contributed by atoms with Gasteiger partial charge in [-0.25, -0.2) is 4.79 Å². The van der Waals surface area contributed by atoms with Crippen molar-refractivity contribution in [2.45, 2.75) is 38.6 Å². The van der Waals surface area contributed by atoms with E-state index in [0.29, 0.717) is 24.9 Å². The molecule has 1 aromatic carbocycles. The number of hydrogen-bond acceptors (Lipinski definition) is 5. The Kier molecular flexibility index (Phi) is 8.39. The van der Waals surface area contributed by atoms with Gasteiger partial charge in [0.1, 0.15) is 0 Å². The van der Waals surface area contributed by atoms with Gasteiger partial charge < -0.3 is 15.4 Å². The largest absolute Gasteiger partial charge is 0.463 e. The topological polar surface area (TPSA) is 102 Å². The Balaban J connectivity index is 1.91. The van der Waals surface area contributed by atoms with E-state index in [1.807, 2.05) is 6.07 Å². The maximum Gasteiger partial charge on any atom is 0.330 e. The standard InChI is InChI=1S/C21H26N2O5/c1-2-28-20(26)11-8-17(14-16-12-13-22-21(16)27)23-19(25)10-9-18(24)15-6-4-3-5-7-15/h3-8,11,16-17H,2,9-10,12-14H2,1H3,(H,22,27)(H,23,25)/b11-8+/t16-,17+/m0/s1. The van der Waals surface area contributed by atoms with Gasteiger partial charge in [-0.05, 0) is 19.8 Å². The molecule has 2 amide bonds. The molecule has 2 N–H and O–H groups in total. The summed E-state index contributed by atoms with van der Waals surface area (Å²) in [6.07, 6.45) is 4.00. The van der Waals surface area contributed by atoms with E-state index in [4.69, 9.17) is 4.74 Å². The molecule has 1 fully saturated rings. The molecule has 2 rings (SSSR count). The number of rotatable bonds is 10. The van der Waals surface area contributed by atoms with Gasteiger partial charge in [-0.15, -0.1) is 0 Å². The van der Waals surface area contributed by atoms with Crippen LogP contribution in [0, 0.1) is 5.92 Å². The van der Waals surface area contributed by atoms with E-state index in [0.717, 1.165) is 0 Å². The van der Waals surface area contributed by atoms with Crippen LogP contribution in [0.4, 0.5) is 0 Å². The predicted octanol–water partition coefficient (Wildman–Crippen LogP) is 1.78. The molecular weight excluding hydrogens is 360 g/mol. The molecule has 150 valence electrons. The summed E-state index contributed by atoms with van der Waals surface area (Å²) in [5.41, 5.74) is 0.566. The van der Waals surface area contributed by atoms with Gasteiger partial charge in [0.15, 0.2) is 5.78 Å². The number of ether oxygens (including phenoxy) is 1. The number of ketones is 1. The minimum absolute atomic E-state index is 0.0360. The van der Waals surface area contributed by atoms with E-state index in [1.165, 1.54) is 6.08 Å². The van der Waals surface area contributed by atoms with Crippen LogP contribution in [-0.4, -0.2) is 42.8 Å². The summed E-state index contributed by atoms with van der Waals surface area (Å²) in [6.45, 7) is 2.57. The average molecular weight is 386 g/mol. The summed E-state index contributed by atoms with van der Waals surface area (Å²) < 4.78 is 4.85. The lowest BCUT2D eigenvalue weighted by Crippen LogP contribution is -2.36. The first-order valence-corrected chi connectivity index (χ1v) is 9.50. The summed E-state index contributed by atoms with van der Waals surface area (Å²) in [4.78, 5) is 47.8. The second-order valence-corrected chi connectivity index (χ2v) is 6.59. The average Bonchev–Trinajstić information content (AvgIpc) is 3.09. The molecule has 28 heavy (non-hydrogen) atoms. The highest BCUT2D eigenvalue weighted by Gasteiger charge is 2.27. The molecular formula is C21H26N2O5. The maximum atomic E-state index is 12.3. The zero-order valence-electron chi connectivity index (χ0n) is 16.0. The van der Waals surface area contributed by atoms with Crippen molar-refractivity contribution >= 4 is 23.6 Å². The highest BCUT2D eigenvalue weighted by Crippen LogP contribution is 2.17. The number of nitrogens with one attached hydrogen (secondary N) is 2. The van der Waals surface area contributed by atoms with Crippen LogP contribution in [0.1, 0.15) is 43.0 Å². The molecule has 1 aliphatic rings. The van der Waals surface area contributed by atoms with Crippen LogP contribution in [0.2, 0.25) is 0 Å². The normalized spacial score (nSPS) is 17.2. The third kappa shape index (κ3) is 6.98. The molecule has 0 bridgehead atoms. The number of esters is 1. The molecule has 0 saturated carbocycles. The SMILES string of the molecule is CCOC(=O)/C=C/[C@H](C[C@@H]1CCNC1=O)NC(=O)CCC(=O)c1ccccc1. The van der Waals surface area contributed by atoms with Crippen molar-refractivity contribution < 1.29 is 23.9 Å².